The van der Waals surface area contributed by atoms with Gasteiger partial charge in [0.1, 0.15) is 17.7 Å². The van der Waals surface area contributed by atoms with Crippen LogP contribution in [-0.2, 0) is 11.3 Å². The number of halogens is 2. The molecule has 3 heterocycles. The van der Waals surface area contributed by atoms with Crippen molar-refractivity contribution < 1.29 is 28.2 Å². The number of carboxylic acid groups (broad SMARTS) is 1. The molecule has 5 rings (SSSR count). The Bertz CT molecular complexity index is 960. The summed E-state index contributed by atoms with van der Waals surface area (Å²) in [5, 5.41) is 9.19. The first-order valence-electron chi connectivity index (χ1n) is 9.89. The fraction of sp³-hybridized carbons (Fsp3) is 0.364. The molecule has 0 radical (unpaired) electrons. The quantitative estimate of drug-likeness (QED) is 0.801. The number of para-hydroxylation sites is 1. The molecule has 3 fully saturated rings. The van der Waals surface area contributed by atoms with Gasteiger partial charge in [0.05, 0.1) is 17.8 Å². The van der Waals surface area contributed by atoms with Crippen LogP contribution < -0.4 is 4.90 Å². The van der Waals surface area contributed by atoms with Crippen LogP contribution in [0.15, 0.2) is 42.5 Å². The molecule has 1 N–H and O–H groups in total. The number of aromatic carboxylic acids is 1. The molecule has 0 saturated carbocycles. The topological polar surface area (TPSA) is 70.1 Å². The minimum Gasteiger partial charge on any atom is -0.478 e. The second kappa shape index (κ2) is 8.39. The van der Waals surface area contributed by atoms with E-state index in [1.807, 2.05) is 0 Å². The Morgan fingerprint density at radius 1 is 1.10 bits per heavy atom. The number of anilines is 1. The van der Waals surface area contributed by atoms with E-state index in [2.05, 4.69) is 4.90 Å². The molecule has 3 saturated heterocycles. The van der Waals surface area contributed by atoms with Crippen LogP contribution in [0, 0.1) is 17.6 Å². The van der Waals surface area contributed by atoms with Crippen LogP contribution in [0.2, 0.25) is 0 Å². The van der Waals surface area contributed by atoms with Crippen molar-refractivity contribution in [1.82, 2.24) is 4.90 Å². The third kappa shape index (κ3) is 4.14. The minimum absolute atomic E-state index is 0.0379. The molecule has 2 aromatic rings. The van der Waals surface area contributed by atoms with E-state index in [0.29, 0.717) is 6.54 Å². The summed E-state index contributed by atoms with van der Waals surface area (Å²) in [7, 11) is 0. The molecule has 3 aliphatic heterocycles. The molecule has 1 atom stereocenters. The molecule has 2 aromatic carbocycles. The highest BCUT2D eigenvalue weighted by Crippen LogP contribution is 2.31. The summed E-state index contributed by atoms with van der Waals surface area (Å²) in [5.74, 6) is -2.30. The third-order valence-electron chi connectivity index (χ3n) is 5.83. The normalized spacial score (nSPS) is 22.5. The molecule has 0 unspecified atom stereocenters. The lowest BCUT2D eigenvalue weighted by atomic mass is 9.86. The Hall–Kier alpha value is -3.00. The maximum atomic E-state index is 14.5. The van der Waals surface area contributed by atoms with Gasteiger partial charge in [-0.1, -0.05) is 12.1 Å². The van der Waals surface area contributed by atoms with Crippen molar-refractivity contribution in [3.05, 3.63) is 65.2 Å². The van der Waals surface area contributed by atoms with E-state index in [9.17, 15) is 23.5 Å². The molecule has 0 aliphatic carbocycles. The number of fused-ring (bicyclic) bond motifs is 3. The van der Waals surface area contributed by atoms with Crippen LogP contribution >= 0.6 is 0 Å². The molecule has 30 heavy (non-hydrogen) atoms. The largest absolute Gasteiger partial charge is 0.478 e. The predicted molar refractivity (Wildman–Crippen MR) is 105 cm³/mol. The monoisotopic (exact) mass is 416 g/mol. The maximum absolute atomic E-state index is 14.5. The number of ether oxygens (including phenoxy) is 1. The average molecular weight is 416 g/mol. The van der Waals surface area contributed by atoms with E-state index in [0.717, 1.165) is 49.0 Å². The first kappa shape index (κ1) is 20.3. The van der Waals surface area contributed by atoms with Gasteiger partial charge >= 0.3 is 12.1 Å². The molecule has 8 heteroatoms. The van der Waals surface area contributed by atoms with Crippen molar-refractivity contribution in [3.8, 4) is 0 Å². The van der Waals surface area contributed by atoms with Gasteiger partial charge in [-0.2, -0.15) is 0 Å². The molecular formula is C22H22F2N2O4. The Kier molecular flexibility index (Phi) is 5.67. The second-order valence-corrected chi connectivity index (χ2v) is 7.71. The number of hydrogen-bond acceptors (Lipinski definition) is 4. The number of piperidine rings is 3. The molecule has 158 valence electrons. The van der Waals surface area contributed by atoms with Gasteiger partial charge in [-0.25, -0.2) is 18.4 Å². The summed E-state index contributed by atoms with van der Waals surface area (Å²) in [5.41, 5.74) is -0.210. The zero-order chi connectivity index (χ0) is 21.3. The van der Waals surface area contributed by atoms with E-state index < -0.39 is 23.7 Å². The Morgan fingerprint density at radius 3 is 2.47 bits per heavy atom. The van der Waals surface area contributed by atoms with Crippen molar-refractivity contribution in [3.63, 3.8) is 0 Å². The first-order valence-corrected chi connectivity index (χ1v) is 9.89. The number of carbonyl (C=O) groups is 2. The molecule has 2 bridgehead atoms. The van der Waals surface area contributed by atoms with Gasteiger partial charge in [0, 0.05) is 12.1 Å². The van der Waals surface area contributed by atoms with Crippen molar-refractivity contribution in [2.75, 3.05) is 24.5 Å². The highest BCUT2D eigenvalue weighted by atomic mass is 19.1. The van der Waals surface area contributed by atoms with Crippen LogP contribution in [0.4, 0.5) is 19.3 Å². The van der Waals surface area contributed by atoms with Gasteiger partial charge < -0.3 is 9.84 Å². The Labute approximate surface area is 172 Å². The van der Waals surface area contributed by atoms with Gasteiger partial charge in [0.25, 0.3) is 0 Å². The highest BCUT2D eigenvalue weighted by molar-refractivity contribution is 5.89. The van der Waals surface area contributed by atoms with E-state index in [4.69, 9.17) is 4.74 Å². The number of benzene rings is 2. The fourth-order valence-corrected chi connectivity index (χ4v) is 4.16. The predicted octanol–water partition coefficient (Wildman–Crippen LogP) is 3.90. The maximum Gasteiger partial charge on any atom is 0.415 e. The Morgan fingerprint density at radius 2 is 1.83 bits per heavy atom. The van der Waals surface area contributed by atoms with Crippen LogP contribution in [0.1, 0.15) is 28.8 Å². The van der Waals surface area contributed by atoms with E-state index in [-0.39, 0.29) is 35.4 Å². The minimum atomic E-state index is -1.22. The third-order valence-corrected chi connectivity index (χ3v) is 5.83. The van der Waals surface area contributed by atoms with E-state index in [1.165, 1.54) is 18.2 Å². The molecule has 1 amide bonds. The average Bonchev–Trinajstić information content (AvgIpc) is 2.74. The number of amides is 1. The lowest BCUT2D eigenvalue weighted by molar-refractivity contribution is -0.0311. The summed E-state index contributed by atoms with van der Waals surface area (Å²) in [4.78, 5) is 27.6. The summed E-state index contributed by atoms with van der Waals surface area (Å²) >= 11 is 0. The van der Waals surface area contributed by atoms with Gasteiger partial charge in [0.2, 0.25) is 0 Å². The standard InChI is InChI=1S/C22H22F2N2O4/c23-17-6-5-15(21(27)28)11-16(17)12-26(19-4-2-1-3-18(19)24)22(29)30-20-13-25-9-7-14(20)8-10-25/h1-6,11,14,20H,7-10,12-13H2,(H,27,28)/t20-/m0/s1. The first-order chi connectivity index (χ1) is 14.4. The van der Waals surface area contributed by atoms with Gasteiger partial charge in [-0.05, 0) is 62.2 Å². The zero-order valence-corrected chi connectivity index (χ0v) is 16.3. The number of nitrogens with zero attached hydrogens (tertiary/aromatic N) is 2. The summed E-state index contributed by atoms with van der Waals surface area (Å²) in [6, 6.07) is 8.97. The lowest BCUT2D eigenvalue weighted by Crippen LogP contribution is -2.53. The number of rotatable bonds is 5. The van der Waals surface area contributed by atoms with Gasteiger partial charge in [0.15, 0.2) is 0 Å². The van der Waals surface area contributed by atoms with Crippen molar-refractivity contribution in [1.29, 1.82) is 0 Å². The number of carbonyl (C=O) groups excluding carboxylic acids is 1. The zero-order valence-electron chi connectivity index (χ0n) is 16.3. The van der Waals surface area contributed by atoms with Crippen LogP contribution in [-0.4, -0.2) is 47.8 Å². The smallest absolute Gasteiger partial charge is 0.415 e. The molecule has 3 aliphatic rings. The molecule has 6 nitrogen and oxygen atoms in total. The molecular weight excluding hydrogens is 394 g/mol. The van der Waals surface area contributed by atoms with Crippen LogP contribution in [0.3, 0.4) is 0 Å². The summed E-state index contributed by atoms with van der Waals surface area (Å²) < 4.78 is 34.6. The van der Waals surface area contributed by atoms with Gasteiger partial charge in [-0.3, -0.25) is 9.80 Å². The number of hydrogen-bond donors (Lipinski definition) is 1. The van der Waals surface area contributed by atoms with E-state index in [1.54, 1.807) is 6.07 Å². The van der Waals surface area contributed by atoms with Crippen LogP contribution in [0.5, 0.6) is 0 Å². The van der Waals surface area contributed by atoms with Crippen molar-refractivity contribution in [2.24, 2.45) is 5.92 Å². The second-order valence-electron chi connectivity index (χ2n) is 7.71. The van der Waals surface area contributed by atoms with Crippen molar-refractivity contribution >= 4 is 17.7 Å². The van der Waals surface area contributed by atoms with Gasteiger partial charge in [-0.15, -0.1) is 0 Å². The molecule has 0 aromatic heterocycles. The Balaban J connectivity index is 1.62. The summed E-state index contributed by atoms with van der Waals surface area (Å²) in [6.45, 7) is 2.23. The van der Waals surface area contributed by atoms with Crippen molar-refractivity contribution in [2.45, 2.75) is 25.5 Å². The van der Waals surface area contributed by atoms with Crippen LogP contribution in [0.25, 0.3) is 0 Å². The summed E-state index contributed by atoms with van der Waals surface area (Å²) in [6.07, 6.45) is 0.795. The van der Waals surface area contributed by atoms with E-state index >= 15 is 0 Å². The highest BCUT2D eigenvalue weighted by Gasteiger charge is 2.37. The molecule has 0 spiro atoms. The number of carboxylic acids is 1. The lowest BCUT2D eigenvalue weighted by Gasteiger charge is -2.44. The SMILES string of the molecule is O=C(O)c1ccc(F)c(CN(C(=O)O[C@H]2CN3CCC2CC3)c2ccccc2F)c1. The fourth-order valence-electron chi connectivity index (χ4n) is 4.16.